The zero-order valence-electron chi connectivity index (χ0n) is 8.16. The van der Waals surface area contributed by atoms with E-state index in [1.165, 1.54) is 0 Å². The molecular formula is H24F6MgO6Si. The zero-order chi connectivity index (χ0) is 0. The first-order valence-electron chi connectivity index (χ1n) is 0. The van der Waals surface area contributed by atoms with Gasteiger partial charge in [-0.15, -0.1) is 0 Å². The minimum absolute atomic E-state index is 0. The Morgan fingerprint density at radius 2 is 0.357 bits per heavy atom. The molecule has 0 aromatic rings. The molecule has 0 heterocycles. The molecule has 0 unspecified atom stereocenters. The quantitative estimate of drug-likeness (QED) is 0.303. The van der Waals surface area contributed by atoms with Crippen LogP contribution in [0.2, 0.25) is 0 Å². The Labute approximate surface area is 98.6 Å². The summed E-state index contributed by atoms with van der Waals surface area (Å²) < 4.78 is 0. The Morgan fingerprint density at radius 3 is 0.357 bits per heavy atom. The van der Waals surface area contributed by atoms with Crippen molar-refractivity contribution in [2.75, 3.05) is 0 Å². The van der Waals surface area contributed by atoms with Gasteiger partial charge in [-0.2, -0.15) is 0 Å². The van der Waals surface area contributed by atoms with E-state index >= 15 is 0 Å². The van der Waals surface area contributed by atoms with Crippen LogP contribution in [-0.2, 0) is 0 Å². The van der Waals surface area contributed by atoms with E-state index in [-0.39, 0.29) is 98.0 Å². The van der Waals surface area contributed by atoms with Crippen LogP contribution in [0.25, 0.3) is 0 Å². The molecule has 108 valence electrons. The topological polar surface area (TPSA) is 189 Å². The number of rotatable bonds is 0. The van der Waals surface area contributed by atoms with Crippen molar-refractivity contribution in [1.82, 2.24) is 0 Å². The summed E-state index contributed by atoms with van der Waals surface area (Å²) in [5.41, 5.74) is 0. The largest absolute Gasteiger partial charge is 2.00 e. The molecule has 0 saturated heterocycles. The molecule has 0 spiro atoms. The molecule has 0 fully saturated rings. The van der Waals surface area contributed by atoms with Gasteiger partial charge in [0, 0.05) is 0 Å². The average Bonchev–Trinajstić information content (AvgIpc) is 0. The Balaban J connectivity index is 0. The Bertz CT molecular complexity index is 31.0. The summed E-state index contributed by atoms with van der Waals surface area (Å²) in [7, 11) is 0. The maximum atomic E-state index is 0. The van der Waals surface area contributed by atoms with Crippen molar-refractivity contribution in [3.63, 3.8) is 0 Å². The molecular weight excluding hydrogens is 262 g/mol. The molecule has 0 rings (SSSR count). The third-order valence-corrected chi connectivity index (χ3v) is 0. The molecule has 0 amide bonds. The predicted molar refractivity (Wildman–Crippen MR) is 56.0 cm³/mol. The van der Waals surface area contributed by atoms with E-state index in [4.69, 9.17) is 0 Å². The molecule has 0 aliphatic heterocycles. The van der Waals surface area contributed by atoms with Gasteiger partial charge in [-0.1, -0.05) is 0 Å². The monoisotopic (exact) mass is 286 g/mol. The molecule has 12 N–H and O–H groups in total. The van der Waals surface area contributed by atoms with Crippen LogP contribution < -0.4 is 0 Å². The minimum atomic E-state index is 0. The van der Waals surface area contributed by atoms with E-state index in [9.17, 15) is 0 Å². The molecule has 0 aliphatic carbocycles. The standard InChI is InChI=1S/6FH.Mg.6H2O.H4Si.2H/h6*1H;;6*1H2;1H4;;/q;;;;;;+2;;;;;;;;2*-1. The molecule has 0 aromatic carbocycles. The Morgan fingerprint density at radius 1 is 0.357 bits per heavy atom. The molecule has 0 radical (unpaired) electrons. The van der Waals surface area contributed by atoms with Crippen molar-refractivity contribution in [3.05, 3.63) is 0 Å². The van der Waals surface area contributed by atoms with E-state index < -0.39 is 0 Å². The minimum Gasteiger partial charge on any atom is -1.00 e. The van der Waals surface area contributed by atoms with Crippen LogP contribution in [0.3, 0.4) is 0 Å². The van der Waals surface area contributed by atoms with E-state index in [1.807, 2.05) is 0 Å². The fourth-order valence-corrected chi connectivity index (χ4v) is 0. The third kappa shape index (κ3) is 15100. The second-order valence-electron chi connectivity index (χ2n) is 0. The summed E-state index contributed by atoms with van der Waals surface area (Å²) in [6, 6.07) is 0. The van der Waals surface area contributed by atoms with Crippen LogP contribution in [0.4, 0.5) is 28.2 Å². The first-order chi connectivity index (χ1) is 0. The second-order valence-corrected chi connectivity index (χ2v) is 0. The molecule has 14 heteroatoms. The molecule has 0 bridgehead atoms. The summed E-state index contributed by atoms with van der Waals surface area (Å²) in [4.78, 5) is 0. The Kier molecular flexibility index (Phi) is 33700000. The van der Waals surface area contributed by atoms with E-state index in [0.29, 0.717) is 0 Å². The van der Waals surface area contributed by atoms with Gasteiger partial charge >= 0.3 is 23.1 Å². The first-order valence-corrected chi connectivity index (χ1v) is 0. The van der Waals surface area contributed by atoms with E-state index in [0.717, 1.165) is 0 Å². The van der Waals surface area contributed by atoms with E-state index in [2.05, 4.69) is 0 Å². The fraction of sp³-hybridized carbons (Fsp3) is 0. The van der Waals surface area contributed by atoms with E-state index in [1.54, 1.807) is 0 Å². The SMILES string of the molecule is F.F.F.F.F.F.O.O.O.O.O.O.[H-].[H-].[Mg+2].[SiH4]. The molecule has 6 nitrogen and oxygen atoms in total. The summed E-state index contributed by atoms with van der Waals surface area (Å²) in [6.45, 7) is 0. The van der Waals surface area contributed by atoms with Crippen LogP contribution >= 0.6 is 0 Å². The fourth-order valence-electron chi connectivity index (χ4n) is 0. The number of hydrogen-bond donors (Lipinski definition) is 0. The van der Waals surface area contributed by atoms with Crippen LogP contribution in [-0.4, -0.2) is 66.9 Å². The van der Waals surface area contributed by atoms with Gasteiger partial charge < -0.3 is 35.7 Å². The van der Waals surface area contributed by atoms with Gasteiger partial charge in [0.2, 0.25) is 0 Å². The maximum Gasteiger partial charge on any atom is 2.00 e. The molecule has 14 heavy (non-hydrogen) atoms. The van der Waals surface area contributed by atoms with Crippen LogP contribution in [0.5, 0.6) is 0 Å². The van der Waals surface area contributed by atoms with Crippen molar-refractivity contribution in [1.29, 1.82) is 0 Å². The normalized spacial score (nSPS) is 0. The van der Waals surface area contributed by atoms with Gasteiger partial charge in [-0.25, -0.2) is 0 Å². The maximum absolute atomic E-state index is 0. The summed E-state index contributed by atoms with van der Waals surface area (Å²) in [5, 5.41) is 0. The van der Waals surface area contributed by atoms with Crippen LogP contribution in [0, 0.1) is 0 Å². The van der Waals surface area contributed by atoms with Gasteiger partial charge in [0.1, 0.15) is 0 Å². The van der Waals surface area contributed by atoms with Crippen LogP contribution in [0.1, 0.15) is 2.85 Å². The van der Waals surface area contributed by atoms with Gasteiger partial charge in [0.15, 0.2) is 0 Å². The zero-order valence-corrected chi connectivity index (χ0v) is 7.57. The van der Waals surface area contributed by atoms with Crippen molar-refractivity contribution in [3.8, 4) is 0 Å². The first kappa shape index (κ1) is 24400. The Hall–Kier alpha value is 0.323. The van der Waals surface area contributed by atoms with Gasteiger partial charge in [-0.3, -0.25) is 28.2 Å². The van der Waals surface area contributed by atoms with Crippen molar-refractivity contribution < 1.29 is 63.9 Å². The predicted octanol–water partition coefficient (Wildman–Crippen LogP) is -5.64. The average molecular weight is 287 g/mol. The van der Waals surface area contributed by atoms with Gasteiger partial charge in [-0.05, 0) is 11.0 Å². The van der Waals surface area contributed by atoms with Crippen LogP contribution in [0.15, 0.2) is 0 Å². The van der Waals surface area contributed by atoms with Crippen molar-refractivity contribution >= 4 is 34.0 Å². The number of hydrogen-bond acceptors (Lipinski definition) is 0. The molecule has 0 aliphatic rings. The summed E-state index contributed by atoms with van der Waals surface area (Å²) in [6.07, 6.45) is 0. The number of halogens is 6. The van der Waals surface area contributed by atoms with Crippen molar-refractivity contribution in [2.45, 2.75) is 0 Å². The smallest absolute Gasteiger partial charge is 1.00 e. The second kappa shape index (κ2) is 19400. The molecule has 0 atom stereocenters. The van der Waals surface area contributed by atoms with Gasteiger partial charge in [0.25, 0.3) is 0 Å². The van der Waals surface area contributed by atoms with Crippen molar-refractivity contribution in [2.24, 2.45) is 0 Å². The third-order valence-electron chi connectivity index (χ3n) is 0. The summed E-state index contributed by atoms with van der Waals surface area (Å²) in [5.74, 6) is 0. The summed E-state index contributed by atoms with van der Waals surface area (Å²) >= 11 is 0. The molecule has 0 aromatic heterocycles. The van der Waals surface area contributed by atoms with Gasteiger partial charge in [0.05, 0.1) is 0 Å². The molecule has 0 saturated carbocycles.